The van der Waals surface area contributed by atoms with Crippen LogP contribution in [-0.2, 0) is 0 Å². The molecule has 9 N–H and O–H groups in total. The molecule has 0 aromatic rings. The zero-order valence-electron chi connectivity index (χ0n) is 38.1. The predicted molar refractivity (Wildman–Crippen MR) is 243 cm³/mol. The number of hydrogen-bond donors (Lipinski definition) is 5. The second-order valence-electron chi connectivity index (χ2n) is 20.8. The highest BCUT2D eigenvalue weighted by molar-refractivity contribution is 5.10. The molecule has 0 unspecified atom stereocenters. The van der Waals surface area contributed by atoms with Gasteiger partial charge in [0.1, 0.15) is 0 Å². The van der Waals surface area contributed by atoms with Crippen molar-refractivity contribution >= 4 is 0 Å². The Morgan fingerprint density at radius 2 is 1.04 bits per heavy atom. The summed E-state index contributed by atoms with van der Waals surface area (Å²) in [4.78, 5) is 7.96. The number of fused-ring (bicyclic) bond motifs is 5. The lowest BCUT2D eigenvalue weighted by atomic mass is 9.44. The molecular weight excluding hydrogens is 689 g/mol. The van der Waals surface area contributed by atoms with Crippen LogP contribution in [0.2, 0.25) is 0 Å². The first-order valence-corrected chi connectivity index (χ1v) is 24.8. The van der Waals surface area contributed by atoms with E-state index in [2.05, 4.69) is 54.6 Å². The topological polar surface area (TPSA) is 126 Å². The molecule has 0 bridgehead atoms. The normalized spacial score (nSPS) is 31.0. The van der Waals surface area contributed by atoms with E-state index >= 15 is 0 Å². The Bertz CT molecular complexity index is 985. The maximum atomic E-state index is 5.88. The van der Waals surface area contributed by atoms with Gasteiger partial charge in [0.15, 0.2) is 0 Å². The third-order valence-corrected chi connectivity index (χ3v) is 16.6. The Kier molecular flexibility index (Phi) is 22.0. The van der Waals surface area contributed by atoms with Gasteiger partial charge < -0.3 is 43.0 Å². The van der Waals surface area contributed by atoms with E-state index < -0.39 is 0 Å². The van der Waals surface area contributed by atoms with E-state index in [1.165, 1.54) is 116 Å². The summed E-state index contributed by atoms with van der Waals surface area (Å²) in [6, 6.07) is 0.715. The molecule has 0 amide bonds. The Morgan fingerprint density at radius 1 is 0.536 bits per heavy atom. The van der Waals surface area contributed by atoms with Crippen LogP contribution >= 0.6 is 0 Å². The van der Waals surface area contributed by atoms with Crippen LogP contribution in [0.25, 0.3) is 0 Å². The molecule has 4 fully saturated rings. The zero-order chi connectivity index (χ0) is 40.4. The minimum atomic E-state index is 0.574. The van der Waals surface area contributed by atoms with E-state index in [0.29, 0.717) is 16.9 Å². The molecule has 56 heavy (non-hydrogen) atoms. The molecule has 4 saturated carbocycles. The Balaban J connectivity index is 1.25. The Labute approximate surface area is 348 Å². The van der Waals surface area contributed by atoms with Crippen molar-refractivity contribution in [2.75, 3.05) is 91.6 Å². The molecule has 8 heteroatoms. The van der Waals surface area contributed by atoms with Gasteiger partial charge >= 0.3 is 0 Å². The first-order chi connectivity index (χ1) is 27.1. The van der Waals surface area contributed by atoms with E-state index in [4.69, 9.17) is 22.9 Å². The van der Waals surface area contributed by atoms with Crippen molar-refractivity contribution in [3.05, 3.63) is 0 Å². The molecule has 4 rings (SSSR count). The summed E-state index contributed by atoms with van der Waals surface area (Å²) in [6.07, 6.45) is 25.6. The summed E-state index contributed by atoms with van der Waals surface area (Å²) >= 11 is 0. The van der Waals surface area contributed by atoms with Gasteiger partial charge in [-0.25, -0.2) is 0 Å². The van der Waals surface area contributed by atoms with Crippen molar-refractivity contribution in [3.8, 4) is 0 Å². The molecule has 8 nitrogen and oxygen atoms in total. The highest BCUT2D eigenvalue weighted by Crippen LogP contribution is 2.68. The number of nitrogens with two attached hydrogens (primary N) is 4. The standard InChI is InChI=1S/C48H98N8/c1-39(2)14-6-15-40(3)44-18-19-45-43-17-16-41-38-42(20-22-47(41,4)46(43)21-23-48(44,45)5)53-28-11-33-56(36-12-34-54(29-7-24-49)30-8-25-50)37-13-35-55(31-9-26-51)32-10-27-52/h39-46,53H,6-38,49-52H2,1-5H3/t40-,41-,42+,43-,44+,45-,46-,47-,48+/m0/s1. The van der Waals surface area contributed by atoms with Crippen LogP contribution in [0, 0.1) is 52.3 Å². The first kappa shape index (κ1) is 48.3. The van der Waals surface area contributed by atoms with Gasteiger partial charge in [-0.15, -0.1) is 0 Å². The van der Waals surface area contributed by atoms with Crippen molar-refractivity contribution in [3.63, 3.8) is 0 Å². The van der Waals surface area contributed by atoms with E-state index in [1.807, 2.05) is 0 Å². The molecule has 0 radical (unpaired) electrons. The summed E-state index contributed by atoms with van der Waals surface area (Å²) in [7, 11) is 0. The summed E-state index contributed by atoms with van der Waals surface area (Å²) in [5.41, 5.74) is 24.7. The SMILES string of the molecule is CC(C)CCC[C@H](C)[C@H]1CC[C@H]2[C@@H]3CC[C@H]4C[C@H](NCCCN(CCCN(CCCN)CCCN)CCCN(CCCN)CCCN)CC[C@]4(C)[C@H]3CC[C@]12C. The fraction of sp³-hybridized carbons (Fsp3) is 1.00. The quantitative estimate of drug-likeness (QED) is 0.0474. The van der Waals surface area contributed by atoms with Crippen molar-refractivity contribution in [1.29, 1.82) is 0 Å². The number of hydrogen-bond acceptors (Lipinski definition) is 8. The molecule has 0 aliphatic heterocycles. The molecule has 0 aromatic carbocycles. The molecule has 0 spiro atoms. The lowest BCUT2D eigenvalue weighted by molar-refractivity contribution is -0.118. The maximum Gasteiger partial charge on any atom is 0.00701 e. The van der Waals surface area contributed by atoms with Crippen LogP contribution in [0.4, 0.5) is 0 Å². The summed E-state index contributed by atoms with van der Waals surface area (Å²) in [6.45, 7) is 27.4. The average Bonchev–Trinajstić information content (AvgIpc) is 3.55. The van der Waals surface area contributed by atoms with Gasteiger partial charge in [-0.1, -0.05) is 53.9 Å². The second-order valence-corrected chi connectivity index (χ2v) is 20.8. The van der Waals surface area contributed by atoms with Gasteiger partial charge in [-0.3, -0.25) is 0 Å². The van der Waals surface area contributed by atoms with Crippen molar-refractivity contribution in [1.82, 2.24) is 20.0 Å². The third-order valence-electron chi connectivity index (χ3n) is 16.6. The predicted octanol–water partition coefficient (Wildman–Crippen LogP) is 7.54. The third kappa shape index (κ3) is 14.1. The van der Waals surface area contributed by atoms with Gasteiger partial charge in [0, 0.05) is 6.04 Å². The fourth-order valence-corrected chi connectivity index (χ4v) is 13.4. The molecule has 330 valence electrons. The maximum absolute atomic E-state index is 5.88. The summed E-state index contributed by atoms with van der Waals surface area (Å²) in [5, 5.41) is 4.13. The Morgan fingerprint density at radius 3 is 1.57 bits per heavy atom. The highest BCUT2D eigenvalue weighted by atomic mass is 15.2. The summed E-state index contributed by atoms with van der Waals surface area (Å²) in [5.74, 6) is 6.63. The molecule has 9 atom stereocenters. The summed E-state index contributed by atoms with van der Waals surface area (Å²) < 4.78 is 0. The smallest absolute Gasteiger partial charge is 0.00701 e. The average molecular weight is 787 g/mol. The first-order valence-electron chi connectivity index (χ1n) is 24.8. The van der Waals surface area contributed by atoms with Gasteiger partial charge in [0.2, 0.25) is 0 Å². The zero-order valence-corrected chi connectivity index (χ0v) is 38.1. The largest absolute Gasteiger partial charge is 0.330 e. The van der Waals surface area contributed by atoms with Crippen LogP contribution in [-0.4, -0.2) is 112 Å². The van der Waals surface area contributed by atoms with E-state index in [-0.39, 0.29) is 0 Å². The van der Waals surface area contributed by atoms with Crippen molar-refractivity contribution in [2.24, 2.45) is 75.2 Å². The second kappa shape index (κ2) is 25.5. The minimum Gasteiger partial charge on any atom is -0.330 e. The van der Waals surface area contributed by atoms with Crippen molar-refractivity contribution < 1.29 is 0 Å². The van der Waals surface area contributed by atoms with Crippen LogP contribution < -0.4 is 28.3 Å². The molecule has 4 aliphatic rings. The molecular formula is C48H98N8. The van der Waals surface area contributed by atoms with Gasteiger partial charge in [-0.2, -0.15) is 0 Å². The molecule has 4 aliphatic carbocycles. The van der Waals surface area contributed by atoms with Crippen LogP contribution in [0.15, 0.2) is 0 Å². The fourth-order valence-electron chi connectivity index (χ4n) is 13.4. The molecule has 0 heterocycles. The van der Waals surface area contributed by atoms with E-state index in [1.54, 1.807) is 0 Å². The van der Waals surface area contributed by atoms with Crippen LogP contribution in [0.1, 0.15) is 157 Å². The number of nitrogens with one attached hydrogen (secondary N) is 1. The number of nitrogens with zero attached hydrogens (tertiary/aromatic N) is 3. The van der Waals surface area contributed by atoms with Gasteiger partial charge in [0.05, 0.1) is 0 Å². The van der Waals surface area contributed by atoms with Gasteiger partial charge in [0.25, 0.3) is 0 Å². The Hall–Kier alpha value is -0.320. The number of rotatable bonds is 30. The van der Waals surface area contributed by atoms with Crippen LogP contribution in [0.3, 0.4) is 0 Å². The van der Waals surface area contributed by atoms with Crippen LogP contribution in [0.5, 0.6) is 0 Å². The lowest BCUT2D eigenvalue weighted by Crippen LogP contribution is -2.55. The molecule has 0 saturated heterocycles. The van der Waals surface area contributed by atoms with E-state index in [9.17, 15) is 0 Å². The minimum absolute atomic E-state index is 0.574. The highest BCUT2D eigenvalue weighted by Gasteiger charge is 2.60. The van der Waals surface area contributed by atoms with Gasteiger partial charge in [-0.05, 0) is 247 Å². The van der Waals surface area contributed by atoms with Crippen molar-refractivity contribution in [2.45, 2.75) is 163 Å². The monoisotopic (exact) mass is 787 g/mol. The lowest BCUT2D eigenvalue weighted by Gasteiger charge is -2.61. The molecule has 0 aromatic heterocycles. The van der Waals surface area contributed by atoms with E-state index in [0.717, 1.165) is 139 Å².